The van der Waals surface area contributed by atoms with Gasteiger partial charge in [0.25, 0.3) is 0 Å². The number of ether oxygens (including phenoxy) is 1. The Kier molecular flexibility index (Phi) is 7.37. The zero-order valence-corrected chi connectivity index (χ0v) is 8.82. The molecule has 14 heavy (non-hydrogen) atoms. The van der Waals surface area contributed by atoms with Crippen LogP contribution in [-0.4, -0.2) is 55.1 Å². The Hall–Kier alpha value is -0.650. The first-order chi connectivity index (χ1) is 6.56. The number of rotatable bonds is 8. The Balaban J connectivity index is 3.67. The number of carboxylic acids is 1. The number of carboxylic acid groups (broad SMARTS) is 1. The van der Waals surface area contributed by atoms with Crippen LogP contribution >= 0.6 is 0 Å². The van der Waals surface area contributed by atoms with Crippen molar-refractivity contribution in [2.45, 2.75) is 20.0 Å². The van der Waals surface area contributed by atoms with Crippen molar-refractivity contribution >= 4 is 5.97 Å². The minimum Gasteiger partial charge on any atom is -0.477 e. The number of carbonyl (C=O) groups is 1. The van der Waals surface area contributed by atoms with Gasteiger partial charge in [0.05, 0.1) is 19.3 Å². The summed E-state index contributed by atoms with van der Waals surface area (Å²) in [6.45, 7) is 5.50. The molecule has 5 nitrogen and oxygen atoms in total. The Morgan fingerprint density at radius 2 is 2.07 bits per heavy atom. The topological polar surface area (TPSA) is 71.2 Å². The van der Waals surface area contributed by atoms with E-state index in [0.29, 0.717) is 19.7 Å². The van der Waals surface area contributed by atoms with E-state index in [-0.39, 0.29) is 19.3 Å². The lowest BCUT2D eigenvalue weighted by molar-refractivity contribution is -0.893. The zero-order valence-electron chi connectivity index (χ0n) is 8.82. The van der Waals surface area contributed by atoms with Crippen LogP contribution in [0.15, 0.2) is 0 Å². The molecule has 0 aromatic heterocycles. The highest BCUT2D eigenvalue weighted by Crippen LogP contribution is 1.83. The fraction of sp³-hybridized carbons (Fsp3) is 0.889. The number of aliphatic carboxylic acids is 1. The number of aliphatic hydroxyl groups is 1. The molecule has 0 bridgehead atoms. The molecular formula is C9H20NO4+. The summed E-state index contributed by atoms with van der Waals surface area (Å²) in [7, 11) is 0. The maximum Gasteiger partial charge on any atom is 0.359 e. The van der Waals surface area contributed by atoms with E-state index < -0.39 is 5.97 Å². The van der Waals surface area contributed by atoms with Crippen LogP contribution in [0.1, 0.15) is 13.8 Å². The molecule has 0 aromatic rings. The van der Waals surface area contributed by atoms with Gasteiger partial charge in [-0.3, -0.25) is 0 Å². The number of hydrogen-bond acceptors (Lipinski definition) is 3. The summed E-state index contributed by atoms with van der Waals surface area (Å²) < 4.78 is 5.30. The fourth-order valence-corrected chi connectivity index (χ4v) is 1.11. The standard InChI is InChI=1S/C9H19NO4/c1-8(2)14-6-4-10(3-5-11)7-9(12)13/h8,11H,3-7H2,1-2H3,(H,12,13)/p+1. The van der Waals surface area contributed by atoms with Crippen LogP contribution in [0, 0.1) is 0 Å². The number of nitrogens with one attached hydrogen (secondary N) is 1. The molecule has 84 valence electrons. The Morgan fingerprint density at radius 3 is 2.50 bits per heavy atom. The van der Waals surface area contributed by atoms with Crippen LogP contribution in [0.25, 0.3) is 0 Å². The summed E-state index contributed by atoms with van der Waals surface area (Å²) in [6, 6.07) is 0. The molecule has 0 rings (SSSR count). The highest BCUT2D eigenvalue weighted by atomic mass is 16.5. The second kappa shape index (κ2) is 7.73. The normalized spacial score (nSPS) is 13.1. The van der Waals surface area contributed by atoms with Crippen LogP contribution in [0.3, 0.4) is 0 Å². The average molecular weight is 206 g/mol. The van der Waals surface area contributed by atoms with Crippen molar-refractivity contribution in [3.63, 3.8) is 0 Å². The summed E-state index contributed by atoms with van der Waals surface area (Å²) in [5.41, 5.74) is 0. The van der Waals surface area contributed by atoms with Crippen molar-refractivity contribution in [2.24, 2.45) is 0 Å². The number of hydrogen-bond donors (Lipinski definition) is 3. The SMILES string of the molecule is CC(C)OCC[NH+](CCO)CC(=O)O. The van der Waals surface area contributed by atoms with Crippen LogP contribution in [0.2, 0.25) is 0 Å². The summed E-state index contributed by atoms with van der Waals surface area (Å²) in [4.78, 5) is 11.3. The van der Waals surface area contributed by atoms with Crippen molar-refractivity contribution in [1.29, 1.82) is 0 Å². The van der Waals surface area contributed by atoms with Gasteiger partial charge in [0, 0.05) is 0 Å². The third kappa shape index (κ3) is 7.97. The minimum atomic E-state index is -0.849. The first kappa shape index (κ1) is 13.4. The Bertz CT molecular complexity index is 161. The molecule has 0 aromatic carbocycles. The van der Waals surface area contributed by atoms with E-state index >= 15 is 0 Å². The first-order valence-electron chi connectivity index (χ1n) is 4.84. The van der Waals surface area contributed by atoms with Gasteiger partial charge in [-0.2, -0.15) is 0 Å². The number of quaternary nitrogens is 1. The van der Waals surface area contributed by atoms with Gasteiger partial charge in [0.2, 0.25) is 0 Å². The lowest BCUT2D eigenvalue weighted by atomic mass is 10.4. The van der Waals surface area contributed by atoms with Crippen LogP contribution in [0.4, 0.5) is 0 Å². The third-order valence-corrected chi connectivity index (χ3v) is 1.77. The van der Waals surface area contributed by atoms with Crippen LogP contribution in [-0.2, 0) is 9.53 Å². The van der Waals surface area contributed by atoms with E-state index in [1.165, 1.54) is 0 Å². The van der Waals surface area contributed by atoms with Crippen LogP contribution < -0.4 is 4.90 Å². The molecule has 0 aliphatic heterocycles. The molecule has 0 spiro atoms. The predicted octanol–water partition coefficient (Wildman–Crippen LogP) is -1.63. The van der Waals surface area contributed by atoms with Gasteiger partial charge in [0.1, 0.15) is 13.1 Å². The average Bonchev–Trinajstić information content (AvgIpc) is 2.02. The van der Waals surface area contributed by atoms with E-state index in [0.717, 1.165) is 4.90 Å². The van der Waals surface area contributed by atoms with Gasteiger partial charge in [-0.15, -0.1) is 0 Å². The van der Waals surface area contributed by atoms with Crippen molar-refractivity contribution in [3.05, 3.63) is 0 Å². The molecular weight excluding hydrogens is 186 g/mol. The quantitative estimate of drug-likeness (QED) is 0.446. The maximum absolute atomic E-state index is 10.4. The number of aliphatic hydroxyl groups excluding tert-OH is 1. The maximum atomic E-state index is 10.4. The lowest BCUT2D eigenvalue weighted by Gasteiger charge is -2.16. The molecule has 5 heteroatoms. The molecule has 0 radical (unpaired) electrons. The van der Waals surface area contributed by atoms with Gasteiger partial charge in [0.15, 0.2) is 6.54 Å². The molecule has 0 heterocycles. The summed E-state index contributed by atoms with van der Waals surface area (Å²) in [6.07, 6.45) is 0.162. The van der Waals surface area contributed by atoms with E-state index in [9.17, 15) is 4.79 Å². The van der Waals surface area contributed by atoms with Crippen molar-refractivity contribution in [3.8, 4) is 0 Å². The first-order valence-corrected chi connectivity index (χ1v) is 4.84. The van der Waals surface area contributed by atoms with E-state index in [1.807, 2.05) is 13.8 Å². The van der Waals surface area contributed by atoms with Crippen molar-refractivity contribution < 1.29 is 24.6 Å². The fourth-order valence-electron chi connectivity index (χ4n) is 1.11. The third-order valence-electron chi connectivity index (χ3n) is 1.77. The van der Waals surface area contributed by atoms with Crippen LogP contribution in [0.5, 0.6) is 0 Å². The summed E-state index contributed by atoms with van der Waals surface area (Å²) >= 11 is 0. The molecule has 1 unspecified atom stereocenters. The monoisotopic (exact) mass is 206 g/mol. The zero-order chi connectivity index (χ0) is 11.0. The van der Waals surface area contributed by atoms with Gasteiger partial charge in [-0.1, -0.05) is 0 Å². The van der Waals surface area contributed by atoms with Crippen molar-refractivity contribution in [2.75, 3.05) is 32.8 Å². The summed E-state index contributed by atoms with van der Waals surface area (Å²) in [5, 5.41) is 17.3. The molecule has 0 saturated carbocycles. The second-order valence-electron chi connectivity index (χ2n) is 3.46. The van der Waals surface area contributed by atoms with Gasteiger partial charge in [-0.25, -0.2) is 4.79 Å². The smallest absolute Gasteiger partial charge is 0.359 e. The van der Waals surface area contributed by atoms with Gasteiger partial charge < -0.3 is 19.8 Å². The van der Waals surface area contributed by atoms with Gasteiger partial charge >= 0.3 is 5.97 Å². The largest absolute Gasteiger partial charge is 0.477 e. The van der Waals surface area contributed by atoms with E-state index in [4.69, 9.17) is 14.9 Å². The van der Waals surface area contributed by atoms with Crippen molar-refractivity contribution in [1.82, 2.24) is 0 Å². The Morgan fingerprint density at radius 1 is 1.43 bits per heavy atom. The van der Waals surface area contributed by atoms with Gasteiger partial charge in [-0.05, 0) is 13.8 Å². The lowest BCUT2D eigenvalue weighted by Crippen LogP contribution is -3.13. The summed E-state index contributed by atoms with van der Waals surface area (Å²) in [5.74, 6) is -0.849. The van der Waals surface area contributed by atoms with E-state index in [2.05, 4.69) is 0 Å². The molecule has 0 fully saturated rings. The molecule has 0 aliphatic rings. The predicted molar refractivity (Wildman–Crippen MR) is 51.4 cm³/mol. The molecule has 3 N–H and O–H groups in total. The highest BCUT2D eigenvalue weighted by Gasteiger charge is 2.12. The second-order valence-corrected chi connectivity index (χ2v) is 3.46. The van der Waals surface area contributed by atoms with E-state index in [1.54, 1.807) is 0 Å². The Labute approximate surface area is 84.3 Å². The highest BCUT2D eigenvalue weighted by molar-refractivity contribution is 5.67. The molecule has 0 amide bonds. The minimum absolute atomic E-state index is 0.00426. The molecule has 1 atom stereocenters. The molecule has 0 saturated heterocycles. The molecule has 0 aliphatic carbocycles.